The van der Waals surface area contributed by atoms with Gasteiger partial charge < -0.3 is 20.4 Å². The van der Waals surface area contributed by atoms with E-state index >= 15 is 0 Å². The van der Waals surface area contributed by atoms with Crippen LogP contribution >= 0.6 is 23.2 Å². The number of halogens is 7. The summed E-state index contributed by atoms with van der Waals surface area (Å²) in [5.41, 5.74) is -1.37. The molecule has 2 N–H and O–H groups in total. The maximum Gasteiger partial charge on any atom is 0.248 e. The lowest BCUT2D eigenvalue weighted by Gasteiger charge is -2.54. The van der Waals surface area contributed by atoms with Crippen molar-refractivity contribution >= 4 is 50.9 Å². The SMILES string of the molecule is CC(C)N1CC2N(C(=O)C(NC(=O)C3CCCN3)CN2S(=O)(=O)c2ccc(Cl)cc2Cl)C(Cc2c(F)c(F)c(F)c(F)c2F)C1=O. The first kappa shape index (κ1) is 34.3. The number of sulfonamides is 1. The summed E-state index contributed by atoms with van der Waals surface area (Å²) in [4.78, 5) is 42.4. The zero-order valence-electron chi connectivity index (χ0n) is 24.3. The van der Waals surface area contributed by atoms with E-state index in [2.05, 4.69) is 10.6 Å². The Hall–Kier alpha value is -3.05. The van der Waals surface area contributed by atoms with E-state index < -0.39 is 117 Å². The van der Waals surface area contributed by atoms with Crippen molar-refractivity contribution in [3.05, 3.63) is 62.9 Å². The van der Waals surface area contributed by atoms with Gasteiger partial charge in [-0.05, 0) is 51.4 Å². The number of piperazine rings is 1. The van der Waals surface area contributed by atoms with Crippen molar-refractivity contribution < 1.29 is 44.8 Å². The number of amides is 3. The van der Waals surface area contributed by atoms with Crippen molar-refractivity contribution in [1.82, 2.24) is 24.7 Å². The Morgan fingerprint density at radius 3 is 2.20 bits per heavy atom. The highest BCUT2D eigenvalue weighted by Gasteiger charge is 2.55. The molecule has 0 aliphatic carbocycles. The van der Waals surface area contributed by atoms with Crippen LogP contribution in [0.5, 0.6) is 0 Å². The number of fused-ring (bicyclic) bond motifs is 1. The minimum absolute atomic E-state index is 0.116. The normalized spacial score (nSPS) is 24.1. The van der Waals surface area contributed by atoms with E-state index in [1.807, 2.05) is 0 Å². The second-order valence-corrected chi connectivity index (χ2v) is 14.1. The Bertz CT molecular complexity index is 1680. The molecule has 4 atom stereocenters. The predicted octanol–water partition coefficient (Wildman–Crippen LogP) is 2.95. The number of nitrogens with one attached hydrogen (secondary N) is 2. The van der Waals surface area contributed by atoms with E-state index in [-0.39, 0.29) is 10.0 Å². The summed E-state index contributed by atoms with van der Waals surface area (Å²) in [6.07, 6.45) is -1.65. The summed E-state index contributed by atoms with van der Waals surface area (Å²) in [5.74, 6) is -13.9. The number of carbonyl (C=O) groups is 3. The van der Waals surface area contributed by atoms with E-state index in [0.29, 0.717) is 19.4 Å². The predicted molar refractivity (Wildman–Crippen MR) is 155 cm³/mol. The van der Waals surface area contributed by atoms with Crippen molar-refractivity contribution in [3.8, 4) is 0 Å². The lowest BCUT2D eigenvalue weighted by molar-refractivity contribution is -0.169. The fourth-order valence-corrected chi connectivity index (χ4v) is 8.33. The Kier molecular flexibility index (Phi) is 9.59. The van der Waals surface area contributed by atoms with Crippen LogP contribution in [0.25, 0.3) is 0 Å². The van der Waals surface area contributed by atoms with Gasteiger partial charge in [0.2, 0.25) is 33.6 Å². The monoisotopic (exact) mass is 711 g/mol. The molecule has 250 valence electrons. The first-order chi connectivity index (χ1) is 21.6. The molecule has 18 heteroatoms. The van der Waals surface area contributed by atoms with Crippen LogP contribution in [0, 0.1) is 29.1 Å². The molecule has 0 bridgehead atoms. The Balaban J connectivity index is 1.65. The fourth-order valence-electron chi connectivity index (χ4n) is 5.99. The van der Waals surface area contributed by atoms with Crippen molar-refractivity contribution in [3.63, 3.8) is 0 Å². The molecule has 3 aliphatic rings. The quantitative estimate of drug-likeness (QED) is 0.259. The van der Waals surface area contributed by atoms with Gasteiger partial charge in [-0.1, -0.05) is 23.2 Å². The van der Waals surface area contributed by atoms with Crippen LogP contribution in [0.1, 0.15) is 32.3 Å². The lowest BCUT2D eigenvalue weighted by Crippen LogP contribution is -2.76. The van der Waals surface area contributed by atoms with Crippen LogP contribution in [0.3, 0.4) is 0 Å². The third-order valence-corrected chi connectivity index (χ3v) is 10.9. The number of hydrogen-bond donors (Lipinski definition) is 2. The summed E-state index contributed by atoms with van der Waals surface area (Å²) < 4.78 is 101. The average Bonchev–Trinajstić information content (AvgIpc) is 3.54. The van der Waals surface area contributed by atoms with Crippen LogP contribution in [-0.2, 0) is 30.8 Å². The van der Waals surface area contributed by atoms with Gasteiger partial charge in [-0.3, -0.25) is 14.4 Å². The highest BCUT2D eigenvalue weighted by Crippen LogP contribution is 2.36. The molecule has 0 spiro atoms. The van der Waals surface area contributed by atoms with Gasteiger partial charge in [0.1, 0.15) is 23.1 Å². The smallest absolute Gasteiger partial charge is 0.248 e. The van der Waals surface area contributed by atoms with Gasteiger partial charge in [0.15, 0.2) is 23.3 Å². The summed E-state index contributed by atoms with van der Waals surface area (Å²) in [6.45, 7) is 2.57. The highest BCUT2D eigenvalue weighted by atomic mass is 35.5. The molecule has 0 radical (unpaired) electrons. The summed E-state index contributed by atoms with van der Waals surface area (Å²) in [6, 6.07) is -1.35. The summed E-state index contributed by atoms with van der Waals surface area (Å²) in [5, 5.41) is 5.29. The molecule has 3 aliphatic heterocycles. The second kappa shape index (κ2) is 12.9. The van der Waals surface area contributed by atoms with Crippen molar-refractivity contribution in [1.29, 1.82) is 0 Å². The minimum Gasteiger partial charge on any atom is -0.342 e. The van der Waals surface area contributed by atoms with Gasteiger partial charge >= 0.3 is 0 Å². The maximum absolute atomic E-state index is 14.9. The number of hydrogen-bond acceptors (Lipinski definition) is 6. The molecule has 3 heterocycles. The molecule has 46 heavy (non-hydrogen) atoms. The third-order valence-electron chi connectivity index (χ3n) is 8.33. The van der Waals surface area contributed by atoms with Crippen molar-refractivity contribution in [2.24, 2.45) is 0 Å². The zero-order valence-corrected chi connectivity index (χ0v) is 26.6. The standard InChI is InChI=1S/C28H28Cl2F5N5O5S/c1-12(2)38-11-20-39(46(44,45)19-6-5-13(29)8-15(19)30)10-17(37-26(41)16-4-3-7-36-16)27(42)40(20)18(28(38)43)9-14-21(31)23(33)25(35)24(34)22(14)32/h5-6,8,12,16-18,20,36H,3-4,7,9-11H2,1-2H3,(H,37,41). The zero-order chi connectivity index (χ0) is 33.8. The van der Waals surface area contributed by atoms with Gasteiger partial charge in [-0.2, -0.15) is 4.31 Å². The summed E-state index contributed by atoms with van der Waals surface area (Å²) in [7, 11) is -4.66. The van der Waals surface area contributed by atoms with Crippen LogP contribution in [0.15, 0.2) is 23.1 Å². The molecule has 3 fully saturated rings. The number of carbonyl (C=O) groups excluding carboxylic acids is 3. The topological polar surface area (TPSA) is 119 Å². The molecular weight excluding hydrogens is 684 g/mol. The summed E-state index contributed by atoms with van der Waals surface area (Å²) >= 11 is 12.2. The fraction of sp³-hybridized carbons (Fsp3) is 0.464. The molecule has 4 unspecified atom stereocenters. The Labute approximate surface area is 270 Å². The molecule has 2 aromatic rings. The van der Waals surface area contributed by atoms with Crippen LogP contribution in [-0.4, -0.2) is 90.2 Å². The Morgan fingerprint density at radius 2 is 1.63 bits per heavy atom. The van der Waals surface area contributed by atoms with Gasteiger partial charge in [0.25, 0.3) is 0 Å². The molecule has 3 saturated heterocycles. The minimum atomic E-state index is -4.66. The first-order valence-electron chi connectivity index (χ1n) is 14.2. The van der Waals surface area contributed by atoms with Crippen LogP contribution in [0.2, 0.25) is 10.0 Å². The van der Waals surface area contributed by atoms with E-state index in [1.54, 1.807) is 13.8 Å². The Morgan fingerprint density at radius 1 is 1.00 bits per heavy atom. The average molecular weight is 713 g/mol. The van der Waals surface area contributed by atoms with Gasteiger partial charge in [0, 0.05) is 29.6 Å². The molecule has 3 amide bonds. The molecule has 0 saturated carbocycles. The highest BCUT2D eigenvalue weighted by molar-refractivity contribution is 7.89. The van der Waals surface area contributed by atoms with E-state index in [9.17, 15) is 44.8 Å². The van der Waals surface area contributed by atoms with Gasteiger partial charge in [0.05, 0.1) is 17.6 Å². The third kappa shape index (κ3) is 5.93. The number of benzene rings is 2. The van der Waals surface area contributed by atoms with Crippen molar-refractivity contribution in [2.75, 3.05) is 19.6 Å². The first-order valence-corrected chi connectivity index (χ1v) is 16.4. The van der Waals surface area contributed by atoms with Crippen molar-refractivity contribution in [2.45, 2.75) is 68.3 Å². The number of nitrogens with zero attached hydrogens (tertiary/aromatic N) is 3. The molecule has 5 rings (SSSR count). The second-order valence-electron chi connectivity index (χ2n) is 11.4. The van der Waals surface area contributed by atoms with E-state index in [4.69, 9.17) is 23.2 Å². The molecule has 0 aromatic heterocycles. The van der Waals surface area contributed by atoms with Gasteiger partial charge in [-0.25, -0.2) is 30.4 Å². The van der Waals surface area contributed by atoms with E-state index in [0.717, 1.165) is 20.2 Å². The maximum atomic E-state index is 14.9. The molecular formula is C28H28Cl2F5N5O5S. The van der Waals surface area contributed by atoms with Crippen LogP contribution < -0.4 is 10.6 Å². The van der Waals surface area contributed by atoms with Gasteiger partial charge in [-0.15, -0.1) is 0 Å². The number of rotatable bonds is 7. The molecule has 2 aromatic carbocycles. The lowest BCUT2D eigenvalue weighted by atomic mass is 9.95. The van der Waals surface area contributed by atoms with E-state index in [1.165, 1.54) is 12.1 Å². The largest absolute Gasteiger partial charge is 0.342 e. The van der Waals surface area contributed by atoms with Crippen LogP contribution in [0.4, 0.5) is 22.0 Å². The molecule has 10 nitrogen and oxygen atoms in total.